The predicted octanol–water partition coefficient (Wildman–Crippen LogP) is 1.34. The van der Waals surface area contributed by atoms with Crippen LogP contribution in [0.25, 0.3) is 0 Å². The van der Waals surface area contributed by atoms with Gasteiger partial charge in [0.05, 0.1) is 6.42 Å². The summed E-state index contributed by atoms with van der Waals surface area (Å²) in [6.45, 7) is 0. The Labute approximate surface area is 91.6 Å². The maximum atomic E-state index is 10.5. The van der Waals surface area contributed by atoms with E-state index in [1.807, 2.05) is 0 Å². The van der Waals surface area contributed by atoms with Gasteiger partial charge in [-0.3, -0.25) is 4.79 Å². The van der Waals surface area contributed by atoms with Crippen LogP contribution in [0.2, 0.25) is 0 Å². The molecule has 1 aliphatic rings. The number of carboxylic acid groups (broad SMARTS) is 1. The summed E-state index contributed by atoms with van der Waals surface area (Å²) >= 11 is 4.91. The molecule has 0 saturated heterocycles. The summed E-state index contributed by atoms with van der Waals surface area (Å²) in [4.78, 5) is 17.4. The van der Waals surface area contributed by atoms with Crippen LogP contribution in [0.5, 0.6) is 0 Å². The standard InChI is InChI=1S/C9H11N3O2S/c13-8(14)4-6-3-7(10-5-1-2-5)12-9(15)11-6/h3,5H,1-2,4H2,(H,13,14)(H2,10,11,12,15). The minimum absolute atomic E-state index is 0.0640. The van der Waals surface area contributed by atoms with E-state index in [0.717, 1.165) is 12.8 Å². The number of carboxylic acids is 1. The Morgan fingerprint density at radius 3 is 3.07 bits per heavy atom. The number of aromatic nitrogens is 2. The lowest BCUT2D eigenvalue weighted by molar-refractivity contribution is -0.136. The van der Waals surface area contributed by atoms with Gasteiger partial charge >= 0.3 is 5.97 Å². The molecule has 0 aliphatic heterocycles. The second-order valence-corrected chi connectivity index (χ2v) is 3.97. The Kier molecular flexibility index (Phi) is 2.68. The molecule has 0 unspecified atom stereocenters. The number of rotatable bonds is 4. The van der Waals surface area contributed by atoms with Crippen molar-refractivity contribution in [2.45, 2.75) is 25.3 Å². The molecular formula is C9H11N3O2S. The first kappa shape index (κ1) is 10.1. The summed E-state index contributed by atoms with van der Waals surface area (Å²) in [6, 6.07) is 2.18. The third-order valence-electron chi connectivity index (χ3n) is 2.07. The van der Waals surface area contributed by atoms with E-state index in [0.29, 0.717) is 22.3 Å². The minimum Gasteiger partial charge on any atom is -0.481 e. The van der Waals surface area contributed by atoms with Gasteiger partial charge in [-0.1, -0.05) is 0 Å². The van der Waals surface area contributed by atoms with Gasteiger partial charge in [0.2, 0.25) is 0 Å². The Balaban J connectivity index is 2.19. The fourth-order valence-corrected chi connectivity index (χ4v) is 1.51. The monoisotopic (exact) mass is 225 g/mol. The van der Waals surface area contributed by atoms with Crippen molar-refractivity contribution in [2.24, 2.45) is 0 Å². The minimum atomic E-state index is -0.885. The number of hydrogen-bond acceptors (Lipinski definition) is 4. The van der Waals surface area contributed by atoms with Crippen molar-refractivity contribution < 1.29 is 9.90 Å². The summed E-state index contributed by atoms with van der Waals surface area (Å²) in [5.74, 6) is -0.221. The Morgan fingerprint density at radius 2 is 2.47 bits per heavy atom. The number of nitrogens with one attached hydrogen (secondary N) is 2. The molecule has 1 aromatic rings. The van der Waals surface area contributed by atoms with Crippen molar-refractivity contribution >= 4 is 24.0 Å². The Hall–Kier alpha value is -1.43. The lowest BCUT2D eigenvalue weighted by atomic mass is 10.3. The molecule has 80 valence electrons. The zero-order valence-electron chi connectivity index (χ0n) is 7.99. The number of carbonyl (C=O) groups is 1. The summed E-state index contributed by atoms with van der Waals surface area (Å²) in [5, 5.41) is 11.8. The van der Waals surface area contributed by atoms with Gasteiger partial charge in [0.1, 0.15) is 5.82 Å². The molecule has 1 aliphatic carbocycles. The quantitative estimate of drug-likeness (QED) is 0.674. The van der Waals surface area contributed by atoms with Crippen LogP contribution in [0.3, 0.4) is 0 Å². The first-order valence-electron chi connectivity index (χ1n) is 4.72. The molecule has 1 heterocycles. The highest BCUT2D eigenvalue weighted by molar-refractivity contribution is 7.71. The van der Waals surface area contributed by atoms with E-state index in [9.17, 15) is 4.79 Å². The average molecular weight is 225 g/mol. The van der Waals surface area contributed by atoms with E-state index in [-0.39, 0.29) is 6.42 Å². The second-order valence-electron chi connectivity index (χ2n) is 3.59. The third kappa shape index (κ3) is 3.02. The number of anilines is 1. The Morgan fingerprint density at radius 1 is 1.73 bits per heavy atom. The number of hydrogen-bond donors (Lipinski definition) is 3. The molecule has 5 nitrogen and oxygen atoms in total. The molecule has 15 heavy (non-hydrogen) atoms. The van der Waals surface area contributed by atoms with Crippen LogP contribution in [0, 0.1) is 4.77 Å². The van der Waals surface area contributed by atoms with Crippen molar-refractivity contribution in [2.75, 3.05) is 5.32 Å². The van der Waals surface area contributed by atoms with Gasteiger partial charge < -0.3 is 15.4 Å². The van der Waals surface area contributed by atoms with Gasteiger partial charge in [-0.2, -0.15) is 0 Å². The first-order valence-corrected chi connectivity index (χ1v) is 5.13. The maximum absolute atomic E-state index is 10.5. The lowest BCUT2D eigenvalue weighted by Gasteiger charge is -2.04. The van der Waals surface area contributed by atoms with E-state index in [2.05, 4.69) is 15.3 Å². The zero-order chi connectivity index (χ0) is 10.8. The molecule has 6 heteroatoms. The molecule has 0 spiro atoms. The fourth-order valence-electron chi connectivity index (χ4n) is 1.28. The van der Waals surface area contributed by atoms with Crippen molar-refractivity contribution in [1.82, 2.24) is 9.97 Å². The Bertz CT molecular complexity index is 439. The number of aromatic amines is 1. The van der Waals surface area contributed by atoms with Crippen LogP contribution in [-0.4, -0.2) is 27.1 Å². The van der Waals surface area contributed by atoms with Crippen molar-refractivity contribution in [3.63, 3.8) is 0 Å². The van der Waals surface area contributed by atoms with Crippen LogP contribution in [0.4, 0.5) is 5.82 Å². The molecule has 1 saturated carbocycles. The lowest BCUT2D eigenvalue weighted by Crippen LogP contribution is -2.07. The van der Waals surface area contributed by atoms with Crippen LogP contribution in [0.15, 0.2) is 6.07 Å². The number of aliphatic carboxylic acids is 1. The number of H-pyrrole nitrogens is 1. The molecule has 2 rings (SSSR count). The molecule has 0 amide bonds. The third-order valence-corrected chi connectivity index (χ3v) is 2.26. The van der Waals surface area contributed by atoms with Gasteiger partial charge in [0.15, 0.2) is 4.77 Å². The number of nitrogens with zero attached hydrogens (tertiary/aromatic N) is 1. The van der Waals surface area contributed by atoms with E-state index >= 15 is 0 Å². The summed E-state index contributed by atoms with van der Waals surface area (Å²) in [7, 11) is 0. The normalized spacial score (nSPS) is 14.9. The second kappa shape index (κ2) is 3.98. The van der Waals surface area contributed by atoms with Crippen molar-refractivity contribution in [3.8, 4) is 0 Å². The largest absolute Gasteiger partial charge is 0.481 e. The van der Waals surface area contributed by atoms with Gasteiger partial charge in [0.25, 0.3) is 0 Å². The van der Waals surface area contributed by atoms with Crippen LogP contribution >= 0.6 is 12.2 Å². The smallest absolute Gasteiger partial charge is 0.309 e. The molecule has 1 fully saturated rings. The van der Waals surface area contributed by atoms with Gasteiger partial charge in [-0.05, 0) is 25.1 Å². The van der Waals surface area contributed by atoms with E-state index in [4.69, 9.17) is 17.3 Å². The highest BCUT2D eigenvalue weighted by atomic mass is 32.1. The molecule has 1 aromatic heterocycles. The van der Waals surface area contributed by atoms with Crippen LogP contribution in [-0.2, 0) is 11.2 Å². The summed E-state index contributed by atoms with van der Waals surface area (Å²) in [5.41, 5.74) is 0.575. The van der Waals surface area contributed by atoms with E-state index in [1.54, 1.807) is 6.07 Å². The first-order chi connectivity index (χ1) is 7.13. The molecule has 0 aromatic carbocycles. The molecule has 0 atom stereocenters. The summed E-state index contributed by atoms with van der Waals surface area (Å²) in [6.07, 6.45) is 2.22. The van der Waals surface area contributed by atoms with Gasteiger partial charge in [-0.15, -0.1) is 0 Å². The van der Waals surface area contributed by atoms with Crippen molar-refractivity contribution in [1.29, 1.82) is 0 Å². The van der Waals surface area contributed by atoms with Crippen molar-refractivity contribution in [3.05, 3.63) is 16.5 Å². The maximum Gasteiger partial charge on any atom is 0.309 e. The van der Waals surface area contributed by atoms with Crippen LogP contribution < -0.4 is 5.32 Å². The summed E-state index contributed by atoms with van der Waals surface area (Å²) < 4.78 is 0.317. The molecule has 0 radical (unpaired) electrons. The van der Waals surface area contributed by atoms with Crippen LogP contribution in [0.1, 0.15) is 18.5 Å². The van der Waals surface area contributed by atoms with Gasteiger partial charge in [-0.25, -0.2) is 4.98 Å². The molecule has 0 bridgehead atoms. The van der Waals surface area contributed by atoms with E-state index < -0.39 is 5.97 Å². The fraction of sp³-hybridized carbons (Fsp3) is 0.444. The predicted molar refractivity (Wildman–Crippen MR) is 57.4 cm³/mol. The highest BCUT2D eigenvalue weighted by Gasteiger charge is 2.21. The highest BCUT2D eigenvalue weighted by Crippen LogP contribution is 2.23. The topological polar surface area (TPSA) is 78.0 Å². The molecular weight excluding hydrogens is 214 g/mol. The SMILES string of the molecule is O=C(O)Cc1cc(NC2CC2)nc(=S)[nH]1. The van der Waals surface area contributed by atoms with Gasteiger partial charge in [0, 0.05) is 17.8 Å². The molecule has 3 N–H and O–H groups in total. The average Bonchev–Trinajstić information content (AvgIpc) is 2.85. The zero-order valence-corrected chi connectivity index (χ0v) is 8.80. The van der Waals surface area contributed by atoms with E-state index in [1.165, 1.54) is 0 Å².